The van der Waals surface area contributed by atoms with E-state index in [9.17, 15) is 0 Å². The van der Waals surface area contributed by atoms with Crippen molar-refractivity contribution >= 4 is 10.9 Å². The van der Waals surface area contributed by atoms with Crippen LogP contribution in [0.25, 0.3) is 10.9 Å². The van der Waals surface area contributed by atoms with Crippen molar-refractivity contribution in [2.75, 3.05) is 7.05 Å². The van der Waals surface area contributed by atoms with Crippen molar-refractivity contribution in [3.8, 4) is 0 Å². The topological polar surface area (TPSA) is 24.9 Å². The number of aromatic nitrogens is 1. The van der Waals surface area contributed by atoms with Gasteiger partial charge in [0.05, 0.1) is 5.52 Å². The molecule has 0 aliphatic rings. The van der Waals surface area contributed by atoms with Crippen molar-refractivity contribution < 1.29 is 0 Å². The molecular formula is C14H18N2. The number of para-hydroxylation sites is 1. The highest BCUT2D eigenvalue weighted by Crippen LogP contribution is 2.27. The van der Waals surface area contributed by atoms with Crippen LogP contribution in [0.1, 0.15) is 25.5 Å². The van der Waals surface area contributed by atoms with Crippen molar-refractivity contribution in [2.24, 2.45) is 5.92 Å². The smallest absolute Gasteiger partial charge is 0.0705 e. The first-order valence-electron chi connectivity index (χ1n) is 5.75. The van der Waals surface area contributed by atoms with Crippen LogP contribution in [0, 0.1) is 5.92 Å². The summed E-state index contributed by atoms with van der Waals surface area (Å²) in [4.78, 5) is 4.39. The Balaban J connectivity index is 2.59. The largest absolute Gasteiger partial charge is 0.313 e. The van der Waals surface area contributed by atoms with Crippen LogP contribution in [0.15, 0.2) is 36.5 Å². The Morgan fingerprint density at radius 3 is 2.56 bits per heavy atom. The van der Waals surface area contributed by atoms with Gasteiger partial charge in [-0.3, -0.25) is 4.98 Å². The van der Waals surface area contributed by atoms with Crippen LogP contribution in [0.5, 0.6) is 0 Å². The summed E-state index contributed by atoms with van der Waals surface area (Å²) >= 11 is 0. The lowest BCUT2D eigenvalue weighted by atomic mass is 9.94. The normalized spacial score (nSPS) is 13.2. The van der Waals surface area contributed by atoms with Crippen LogP contribution in [0.3, 0.4) is 0 Å². The minimum atomic E-state index is 0.382. The van der Waals surface area contributed by atoms with Gasteiger partial charge < -0.3 is 5.32 Å². The average Bonchev–Trinajstić information content (AvgIpc) is 2.30. The molecule has 0 aliphatic heterocycles. The maximum absolute atomic E-state index is 4.39. The van der Waals surface area contributed by atoms with Gasteiger partial charge in [-0.25, -0.2) is 0 Å². The molecule has 0 radical (unpaired) electrons. The molecule has 1 heterocycles. The van der Waals surface area contributed by atoms with Crippen LogP contribution in [0.4, 0.5) is 0 Å². The van der Waals surface area contributed by atoms with Crippen molar-refractivity contribution in [1.29, 1.82) is 0 Å². The number of hydrogen-bond donors (Lipinski definition) is 1. The number of fused-ring (bicyclic) bond motifs is 1. The molecular weight excluding hydrogens is 196 g/mol. The fraction of sp³-hybridized carbons (Fsp3) is 0.357. The third-order valence-electron chi connectivity index (χ3n) is 3.00. The summed E-state index contributed by atoms with van der Waals surface area (Å²) in [5, 5.41) is 4.63. The van der Waals surface area contributed by atoms with Gasteiger partial charge >= 0.3 is 0 Å². The summed E-state index contributed by atoms with van der Waals surface area (Å²) in [6.07, 6.45) is 1.89. The van der Waals surface area contributed by atoms with E-state index in [0.717, 1.165) is 5.52 Å². The standard InChI is InChI=1S/C14H18N2/c1-10(2)14(15-3)12-8-9-16-13-7-5-4-6-11(12)13/h4-10,14-15H,1-3H3. The molecule has 1 aromatic carbocycles. The van der Waals surface area contributed by atoms with E-state index in [2.05, 4.69) is 48.4 Å². The van der Waals surface area contributed by atoms with Crippen LogP contribution in [-0.4, -0.2) is 12.0 Å². The molecule has 0 bridgehead atoms. The van der Waals surface area contributed by atoms with Crippen LogP contribution in [-0.2, 0) is 0 Å². The molecule has 0 saturated carbocycles. The zero-order chi connectivity index (χ0) is 11.5. The molecule has 0 aliphatic carbocycles. The predicted molar refractivity (Wildman–Crippen MR) is 68.4 cm³/mol. The Morgan fingerprint density at radius 1 is 1.12 bits per heavy atom. The van der Waals surface area contributed by atoms with Gasteiger partial charge in [-0.1, -0.05) is 32.0 Å². The van der Waals surface area contributed by atoms with Gasteiger partial charge in [0.2, 0.25) is 0 Å². The van der Waals surface area contributed by atoms with Gasteiger partial charge in [-0.15, -0.1) is 0 Å². The molecule has 1 atom stereocenters. The lowest BCUT2D eigenvalue weighted by molar-refractivity contribution is 0.445. The van der Waals surface area contributed by atoms with Crippen molar-refractivity contribution in [3.05, 3.63) is 42.1 Å². The predicted octanol–water partition coefficient (Wildman–Crippen LogP) is 3.15. The maximum Gasteiger partial charge on any atom is 0.0705 e. The van der Waals surface area contributed by atoms with Crippen LogP contribution >= 0.6 is 0 Å². The number of pyridine rings is 1. The molecule has 0 amide bonds. The summed E-state index contributed by atoms with van der Waals surface area (Å²) < 4.78 is 0. The van der Waals surface area contributed by atoms with Gasteiger partial charge in [0.15, 0.2) is 0 Å². The average molecular weight is 214 g/mol. The molecule has 1 unspecified atom stereocenters. The molecule has 84 valence electrons. The first-order valence-corrected chi connectivity index (χ1v) is 5.75. The third-order valence-corrected chi connectivity index (χ3v) is 3.00. The Morgan fingerprint density at radius 2 is 1.88 bits per heavy atom. The molecule has 0 fully saturated rings. The second-order valence-corrected chi connectivity index (χ2v) is 4.43. The van der Waals surface area contributed by atoms with E-state index in [1.807, 2.05) is 19.3 Å². The SMILES string of the molecule is CNC(c1ccnc2ccccc12)C(C)C. The number of nitrogens with one attached hydrogen (secondary N) is 1. The highest BCUT2D eigenvalue weighted by Gasteiger charge is 2.15. The summed E-state index contributed by atoms with van der Waals surface area (Å²) in [5.41, 5.74) is 2.41. The summed E-state index contributed by atoms with van der Waals surface area (Å²) in [7, 11) is 2.01. The zero-order valence-corrected chi connectivity index (χ0v) is 10.1. The van der Waals surface area contributed by atoms with Crippen LogP contribution < -0.4 is 5.32 Å². The van der Waals surface area contributed by atoms with E-state index in [4.69, 9.17) is 0 Å². The summed E-state index contributed by atoms with van der Waals surface area (Å²) in [6, 6.07) is 10.8. The highest BCUT2D eigenvalue weighted by atomic mass is 14.9. The molecule has 0 spiro atoms. The molecule has 0 saturated heterocycles. The zero-order valence-electron chi connectivity index (χ0n) is 10.1. The van der Waals surface area contributed by atoms with Gasteiger partial charge in [0, 0.05) is 17.6 Å². The van der Waals surface area contributed by atoms with Crippen molar-refractivity contribution in [2.45, 2.75) is 19.9 Å². The molecule has 2 heteroatoms. The Bertz CT molecular complexity index is 472. The fourth-order valence-corrected chi connectivity index (χ4v) is 2.24. The Hall–Kier alpha value is -1.41. The third kappa shape index (κ3) is 1.93. The number of rotatable bonds is 3. The maximum atomic E-state index is 4.39. The quantitative estimate of drug-likeness (QED) is 0.849. The van der Waals surface area contributed by atoms with Crippen LogP contribution in [0.2, 0.25) is 0 Å². The minimum Gasteiger partial charge on any atom is -0.313 e. The first-order chi connectivity index (χ1) is 7.74. The van der Waals surface area contributed by atoms with E-state index >= 15 is 0 Å². The molecule has 1 N–H and O–H groups in total. The molecule has 1 aromatic heterocycles. The lowest BCUT2D eigenvalue weighted by Gasteiger charge is -2.22. The highest BCUT2D eigenvalue weighted by molar-refractivity contribution is 5.82. The molecule has 2 aromatic rings. The van der Waals surface area contributed by atoms with E-state index in [-0.39, 0.29) is 0 Å². The number of benzene rings is 1. The van der Waals surface area contributed by atoms with Gasteiger partial charge in [0.1, 0.15) is 0 Å². The Kier molecular flexibility index (Phi) is 3.20. The van der Waals surface area contributed by atoms with Gasteiger partial charge in [0.25, 0.3) is 0 Å². The second-order valence-electron chi connectivity index (χ2n) is 4.43. The first kappa shape index (κ1) is 11.1. The second kappa shape index (κ2) is 4.62. The molecule has 2 nitrogen and oxygen atoms in total. The van der Waals surface area contributed by atoms with E-state index in [1.54, 1.807) is 0 Å². The number of nitrogens with zero attached hydrogens (tertiary/aromatic N) is 1. The van der Waals surface area contributed by atoms with E-state index in [0.29, 0.717) is 12.0 Å². The summed E-state index contributed by atoms with van der Waals surface area (Å²) in [6.45, 7) is 4.47. The molecule has 2 rings (SSSR count). The Labute approximate surface area is 96.7 Å². The van der Waals surface area contributed by atoms with E-state index < -0.39 is 0 Å². The van der Waals surface area contributed by atoms with Crippen molar-refractivity contribution in [3.63, 3.8) is 0 Å². The summed E-state index contributed by atoms with van der Waals surface area (Å²) in [5.74, 6) is 0.566. The monoisotopic (exact) mass is 214 g/mol. The van der Waals surface area contributed by atoms with Gasteiger partial charge in [-0.05, 0) is 30.7 Å². The van der Waals surface area contributed by atoms with Crippen molar-refractivity contribution in [1.82, 2.24) is 10.3 Å². The minimum absolute atomic E-state index is 0.382. The number of hydrogen-bond acceptors (Lipinski definition) is 2. The molecule has 16 heavy (non-hydrogen) atoms. The lowest BCUT2D eigenvalue weighted by Crippen LogP contribution is -2.22. The van der Waals surface area contributed by atoms with E-state index in [1.165, 1.54) is 10.9 Å². The van der Waals surface area contributed by atoms with Gasteiger partial charge in [-0.2, -0.15) is 0 Å². The fourth-order valence-electron chi connectivity index (χ4n) is 2.24.